The number of carbonyl (C=O) groups is 1. The number of nitrogens with one attached hydrogen (secondary N) is 1. The minimum absolute atomic E-state index is 0.0131. The Morgan fingerprint density at radius 1 is 1.17 bits per heavy atom. The molecule has 0 unspecified atom stereocenters. The zero-order valence-electron chi connectivity index (χ0n) is 12.4. The Morgan fingerprint density at radius 3 is 2.65 bits per heavy atom. The first-order valence-electron chi connectivity index (χ1n) is 7.02. The average molecular weight is 310 g/mol. The highest BCUT2D eigenvalue weighted by atomic mass is 16.4. The molecule has 23 heavy (non-hydrogen) atoms. The lowest BCUT2D eigenvalue weighted by Crippen LogP contribution is -2.35. The maximum atomic E-state index is 12.6. The fraction of sp³-hybridized carbons (Fsp3) is 0.118. The second-order valence-corrected chi connectivity index (χ2v) is 5.32. The van der Waals surface area contributed by atoms with Gasteiger partial charge in [-0.2, -0.15) is 0 Å². The molecule has 1 heterocycles. The Hall–Kier alpha value is -3.15. The third kappa shape index (κ3) is 2.66. The Kier molecular flexibility index (Phi) is 3.57. The van der Waals surface area contributed by atoms with Gasteiger partial charge in [0, 0.05) is 0 Å². The number of carboxylic acid groups (broad SMARTS) is 1. The molecule has 116 valence electrons. The summed E-state index contributed by atoms with van der Waals surface area (Å²) in [7, 11) is 0. The molecule has 0 fully saturated rings. The third-order valence-corrected chi connectivity index (χ3v) is 3.74. The van der Waals surface area contributed by atoms with E-state index in [0.29, 0.717) is 16.5 Å². The maximum absolute atomic E-state index is 12.6. The van der Waals surface area contributed by atoms with Crippen LogP contribution in [-0.4, -0.2) is 20.6 Å². The van der Waals surface area contributed by atoms with Crippen molar-refractivity contribution < 1.29 is 9.90 Å². The molecular formula is C17H14N2O4. The number of rotatable bonds is 3. The number of fused-ring (bicyclic) bond motifs is 1. The van der Waals surface area contributed by atoms with Gasteiger partial charge >= 0.3 is 11.7 Å². The average Bonchev–Trinajstić information content (AvgIpc) is 2.53. The molecule has 0 saturated carbocycles. The molecule has 2 aromatic carbocycles. The first kappa shape index (κ1) is 14.8. The fourth-order valence-electron chi connectivity index (χ4n) is 2.55. The van der Waals surface area contributed by atoms with Crippen molar-refractivity contribution in [2.24, 2.45) is 0 Å². The SMILES string of the molecule is Cc1cccc2c(=O)n(Cc3cccc(C(=O)O)c3)c(=O)[nH]c12. The van der Waals surface area contributed by atoms with Crippen molar-refractivity contribution in [2.45, 2.75) is 13.5 Å². The standard InChI is InChI=1S/C17H14N2O4/c1-10-4-2-7-13-14(10)18-17(23)19(15(13)20)9-11-5-3-6-12(8-11)16(21)22/h2-8H,9H2,1H3,(H,18,23)(H,21,22). The largest absolute Gasteiger partial charge is 0.478 e. The van der Waals surface area contributed by atoms with Crippen LogP contribution in [0.4, 0.5) is 0 Å². The van der Waals surface area contributed by atoms with Gasteiger partial charge in [0.2, 0.25) is 0 Å². The number of hydrogen-bond acceptors (Lipinski definition) is 3. The van der Waals surface area contributed by atoms with Gasteiger partial charge in [-0.25, -0.2) is 9.59 Å². The fourth-order valence-corrected chi connectivity index (χ4v) is 2.55. The number of carboxylic acids is 1. The molecule has 0 aliphatic carbocycles. The molecule has 1 aromatic heterocycles. The topological polar surface area (TPSA) is 92.2 Å². The van der Waals surface area contributed by atoms with E-state index < -0.39 is 17.2 Å². The van der Waals surface area contributed by atoms with Crippen molar-refractivity contribution in [1.82, 2.24) is 9.55 Å². The van der Waals surface area contributed by atoms with Crippen molar-refractivity contribution in [3.8, 4) is 0 Å². The number of hydrogen-bond donors (Lipinski definition) is 2. The number of aromatic amines is 1. The van der Waals surface area contributed by atoms with Gasteiger partial charge in [-0.05, 0) is 36.2 Å². The summed E-state index contributed by atoms with van der Waals surface area (Å²) in [5.41, 5.74) is 1.12. The molecule has 2 N–H and O–H groups in total. The second kappa shape index (κ2) is 5.57. The molecule has 0 aliphatic heterocycles. The predicted molar refractivity (Wildman–Crippen MR) is 86.1 cm³/mol. The van der Waals surface area contributed by atoms with Crippen LogP contribution >= 0.6 is 0 Å². The Bertz CT molecular complexity index is 1030. The summed E-state index contributed by atoms with van der Waals surface area (Å²) < 4.78 is 1.07. The number of aryl methyl sites for hydroxylation is 1. The van der Waals surface area contributed by atoms with E-state index in [0.717, 1.165) is 10.1 Å². The lowest BCUT2D eigenvalue weighted by molar-refractivity contribution is 0.0696. The van der Waals surface area contributed by atoms with Gasteiger partial charge in [-0.15, -0.1) is 0 Å². The van der Waals surface area contributed by atoms with Crippen molar-refractivity contribution in [1.29, 1.82) is 0 Å². The van der Waals surface area contributed by atoms with Crippen LogP contribution in [0.5, 0.6) is 0 Å². The van der Waals surface area contributed by atoms with Gasteiger partial charge in [0.05, 0.1) is 23.0 Å². The second-order valence-electron chi connectivity index (χ2n) is 5.32. The van der Waals surface area contributed by atoms with Crippen molar-refractivity contribution in [2.75, 3.05) is 0 Å². The highest BCUT2D eigenvalue weighted by Crippen LogP contribution is 2.11. The third-order valence-electron chi connectivity index (χ3n) is 3.74. The zero-order valence-corrected chi connectivity index (χ0v) is 12.4. The van der Waals surface area contributed by atoms with Crippen LogP contribution < -0.4 is 11.2 Å². The molecule has 0 bridgehead atoms. The molecule has 3 aromatic rings. The van der Waals surface area contributed by atoms with Crippen LogP contribution in [0.15, 0.2) is 52.1 Å². The van der Waals surface area contributed by atoms with Crippen molar-refractivity contribution >= 4 is 16.9 Å². The van der Waals surface area contributed by atoms with E-state index in [1.807, 2.05) is 13.0 Å². The summed E-state index contributed by atoms with van der Waals surface area (Å²) in [6, 6.07) is 11.4. The van der Waals surface area contributed by atoms with Crippen LogP contribution in [0.2, 0.25) is 0 Å². The van der Waals surface area contributed by atoms with E-state index in [9.17, 15) is 14.4 Å². The molecule has 0 spiro atoms. The molecule has 0 amide bonds. The molecular weight excluding hydrogens is 296 g/mol. The van der Waals surface area contributed by atoms with E-state index in [1.54, 1.807) is 24.3 Å². The number of nitrogens with zero attached hydrogens (tertiary/aromatic N) is 1. The number of aromatic carboxylic acids is 1. The highest BCUT2D eigenvalue weighted by Gasteiger charge is 2.10. The van der Waals surface area contributed by atoms with E-state index in [-0.39, 0.29) is 12.1 Å². The molecule has 6 nitrogen and oxygen atoms in total. The summed E-state index contributed by atoms with van der Waals surface area (Å²) in [5, 5.41) is 9.45. The molecule has 0 aliphatic rings. The summed E-state index contributed by atoms with van der Waals surface area (Å²) in [4.78, 5) is 38.5. The summed E-state index contributed by atoms with van der Waals surface area (Å²) in [6.45, 7) is 1.83. The minimum Gasteiger partial charge on any atom is -0.478 e. The summed E-state index contributed by atoms with van der Waals surface area (Å²) in [6.07, 6.45) is 0. The van der Waals surface area contributed by atoms with Gasteiger partial charge < -0.3 is 10.1 Å². The predicted octanol–water partition coefficient (Wildman–Crippen LogP) is 1.74. The smallest absolute Gasteiger partial charge is 0.335 e. The van der Waals surface area contributed by atoms with Gasteiger partial charge in [0.15, 0.2) is 0 Å². The number of para-hydroxylation sites is 1. The van der Waals surface area contributed by atoms with Crippen molar-refractivity contribution in [3.63, 3.8) is 0 Å². The van der Waals surface area contributed by atoms with Crippen LogP contribution in [0.1, 0.15) is 21.5 Å². The first-order valence-corrected chi connectivity index (χ1v) is 7.02. The van der Waals surface area contributed by atoms with Crippen LogP contribution in [0.25, 0.3) is 10.9 Å². The molecule has 0 saturated heterocycles. The minimum atomic E-state index is -1.05. The van der Waals surface area contributed by atoms with Crippen LogP contribution in [-0.2, 0) is 6.54 Å². The van der Waals surface area contributed by atoms with Crippen LogP contribution in [0.3, 0.4) is 0 Å². The van der Waals surface area contributed by atoms with E-state index in [2.05, 4.69) is 4.98 Å². The molecule has 6 heteroatoms. The number of benzene rings is 2. The lowest BCUT2D eigenvalue weighted by atomic mass is 10.1. The van der Waals surface area contributed by atoms with E-state index >= 15 is 0 Å². The quantitative estimate of drug-likeness (QED) is 0.771. The van der Waals surface area contributed by atoms with E-state index in [1.165, 1.54) is 12.1 Å². The Balaban J connectivity index is 2.14. The monoisotopic (exact) mass is 310 g/mol. The summed E-state index contributed by atoms with van der Waals surface area (Å²) >= 11 is 0. The normalized spacial score (nSPS) is 10.8. The van der Waals surface area contributed by atoms with Crippen LogP contribution in [0, 0.1) is 6.92 Å². The molecule has 3 rings (SSSR count). The lowest BCUT2D eigenvalue weighted by Gasteiger charge is -2.08. The maximum Gasteiger partial charge on any atom is 0.335 e. The number of aromatic nitrogens is 2. The van der Waals surface area contributed by atoms with Gasteiger partial charge in [0.1, 0.15) is 0 Å². The summed E-state index contributed by atoms with van der Waals surface area (Å²) in [5.74, 6) is -1.05. The van der Waals surface area contributed by atoms with Gasteiger partial charge in [-0.3, -0.25) is 9.36 Å². The van der Waals surface area contributed by atoms with E-state index in [4.69, 9.17) is 5.11 Å². The van der Waals surface area contributed by atoms with Gasteiger partial charge in [0.25, 0.3) is 5.56 Å². The first-order chi connectivity index (χ1) is 11.0. The zero-order chi connectivity index (χ0) is 16.6. The molecule has 0 radical (unpaired) electrons. The van der Waals surface area contributed by atoms with Gasteiger partial charge in [-0.1, -0.05) is 24.3 Å². The Morgan fingerprint density at radius 2 is 1.91 bits per heavy atom. The number of H-pyrrole nitrogens is 1. The highest BCUT2D eigenvalue weighted by molar-refractivity contribution is 5.87. The van der Waals surface area contributed by atoms with Crippen molar-refractivity contribution in [3.05, 3.63) is 80.0 Å². The molecule has 0 atom stereocenters. The Labute approximate surface area is 130 Å².